The van der Waals surface area contributed by atoms with E-state index in [0.29, 0.717) is 0 Å². The molecule has 15 nitrogen and oxygen atoms in total. The van der Waals surface area contributed by atoms with Gasteiger partial charge in [-0.3, -0.25) is 0 Å². The van der Waals surface area contributed by atoms with Gasteiger partial charge in [0.2, 0.25) is 0 Å². The molecule has 0 aliphatic carbocycles. The van der Waals surface area contributed by atoms with E-state index in [4.69, 9.17) is 35.4 Å². The van der Waals surface area contributed by atoms with Crippen LogP contribution in [0.15, 0.2) is 0 Å². The predicted molar refractivity (Wildman–Crippen MR) is 86.9 cm³/mol. The minimum Gasteiger partial charge on any atom is -1.00 e. The quantitative estimate of drug-likeness (QED) is 0.144. The molecule has 0 spiro atoms. The van der Waals surface area contributed by atoms with Crippen molar-refractivity contribution in [3.8, 4) is 0 Å². The first-order valence-electron chi connectivity index (χ1n) is 3.18. The second kappa shape index (κ2) is 39.0. The Kier molecular flexibility index (Phi) is 91.4. The zero-order valence-corrected chi connectivity index (χ0v) is 19.5. The largest absolute Gasteiger partial charge is 2.00 e. The second-order valence-corrected chi connectivity index (χ2v) is 1.55. The molecule has 0 fully saturated rings. The standard InChI is InChI=1S/2C2H2O5.CH2O3.2Ca.2Mg.2H3N.8H/c2*3-1(4)7-2(5)6;2-1(3)4;;;;;;;;;;;;;;/h2*(H,3,4)(H,5,6);(H2,2,3,4);;;;;2*1H3;;;;;;;;/q;;;4*+2;;;8*-1. The molecule has 0 aromatic heterocycles. The minimum atomic E-state index is -1.83. The topological polar surface area (TPSA) is 295 Å². The van der Waals surface area contributed by atoms with E-state index in [1.54, 1.807) is 0 Å². The Balaban J connectivity index is -0.00000000587. The van der Waals surface area contributed by atoms with Crippen LogP contribution in [-0.4, -0.2) is 183 Å². The molecule has 19 heteroatoms. The first-order valence-corrected chi connectivity index (χ1v) is 3.18. The van der Waals surface area contributed by atoms with Crippen molar-refractivity contribution in [2.24, 2.45) is 0 Å². The molecular weight excluding hydrogens is 425 g/mol. The van der Waals surface area contributed by atoms with Gasteiger partial charge in [-0.2, -0.15) is 0 Å². The summed E-state index contributed by atoms with van der Waals surface area (Å²) in [4.78, 5) is 45.4. The summed E-state index contributed by atoms with van der Waals surface area (Å²) in [7, 11) is 0. The second-order valence-electron chi connectivity index (χ2n) is 1.55. The van der Waals surface area contributed by atoms with Gasteiger partial charge in [-0.1, -0.05) is 0 Å². The normalized spacial score (nSPS) is 5.33. The van der Waals surface area contributed by atoms with Crippen LogP contribution in [0.25, 0.3) is 0 Å². The summed E-state index contributed by atoms with van der Waals surface area (Å²) >= 11 is 0. The summed E-state index contributed by atoms with van der Waals surface area (Å²) < 4.78 is 6.17. The summed E-state index contributed by atoms with van der Waals surface area (Å²) in [6, 6.07) is 0. The number of hydrogen-bond donors (Lipinski definition) is 8. The molecule has 0 heterocycles. The van der Waals surface area contributed by atoms with Crippen molar-refractivity contribution in [2.45, 2.75) is 0 Å². The van der Waals surface area contributed by atoms with E-state index in [0.717, 1.165) is 0 Å². The number of ether oxygens (including phenoxy) is 2. The van der Waals surface area contributed by atoms with Crippen molar-refractivity contribution < 1.29 is 75.5 Å². The first-order chi connectivity index (χ1) is 7.98. The van der Waals surface area contributed by atoms with Crippen molar-refractivity contribution in [2.75, 3.05) is 0 Å². The number of hydrogen-bond acceptors (Lipinski definition) is 9. The van der Waals surface area contributed by atoms with Gasteiger partial charge >= 0.3 is 152 Å². The number of carbonyl (C=O) groups is 5. The van der Waals surface area contributed by atoms with Crippen LogP contribution in [0.5, 0.6) is 0 Å². The molecule has 0 unspecified atom stereocenters. The summed E-state index contributed by atoms with van der Waals surface area (Å²) in [6.45, 7) is 0. The van der Waals surface area contributed by atoms with Crippen LogP contribution in [0.4, 0.5) is 24.0 Å². The van der Waals surface area contributed by atoms with Crippen LogP contribution in [0, 0.1) is 0 Å². The summed E-state index contributed by atoms with van der Waals surface area (Å²) in [5, 5.41) is 43.9. The molecule has 12 N–H and O–H groups in total. The Morgan fingerprint density at radius 2 is 0.625 bits per heavy atom. The van der Waals surface area contributed by atoms with E-state index in [2.05, 4.69) is 9.47 Å². The Labute approximate surface area is 237 Å². The maximum Gasteiger partial charge on any atom is 2.00 e. The van der Waals surface area contributed by atoms with Gasteiger partial charge in [-0.05, 0) is 0 Å². The molecule has 0 saturated heterocycles. The van der Waals surface area contributed by atoms with Crippen LogP contribution in [-0.2, 0) is 9.47 Å². The maximum atomic E-state index is 9.21. The van der Waals surface area contributed by atoms with Gasteiger partial charge in [0.15, 0.2) is 0 Å². The molecule has 0 bridgehead atoms. The molecule has 0 aromatic rings. The van der Waals surface area contributed by atoms with Crippen molar-refractivity contribution in [1.29, 1.82) is 0 Å². The zero-order chi connectivity index (χ0) is 15.3. The molecule has 136 valence electrons. The van der Waals surface area contributed by atoms with Crippen LogP contribution in [0.1, 0.15) is 11.4 Å². The number of carboxylic acid groups (broad SMARTS) is 6. The Morgan fingerprint density at radius 1 is 0.542 bits per heavy atom. The van der Waals surface area contributed by atoms with Gasteiger partial charge in [-0.15, -0.1) is 0 Å². The van der Waals surface area contributed by atoms with Crippen LogP contribution in [0.2, 0.25) is 0 Å². The third kappa shape index (κ3) is 141. The van der Waals surface area contributed by atoms with Crippen LogP contribution >= 0.6 is 0 Å². The average molecular weight is 445 g/mol. The maximum absolute atomic E-state index is 9.21. The van der Waals surface area contributed by atoms with Gasteiger partial charge < -0.3 is 63.8 Å². The van der Waals surface area contributed by atoms with Gasteiger partial charge in [0.25, 0.3) is 0 Å². The van der Waals surface area contributed by atoms with E-state index >= 15 is 0 Å². The molecule has 0 amide bonds. The summed E-state index contributed by atoms with van der Waals surface area (Å²) in [6.07, 6.45) is -9.08. The van der Waals surface area contributed by atoms with E-state index in [-0.39, 0.29) is 145 Å². The minimum absolute atomic E-state index is 0. The fourth-order valence-corrected chi connectivity index (χ4v) is 0.149. The zero-order valence-electron chi connectivity index (χ0n) is 20.3. The molecule has 24 heavy (non-hydrogen) atoms. The third-order valence-electron chi connectivity index (χ3n) is 0.349. The Morgan fingerprint density at radius 3 is 0.625 bits per heavy atom. The van der Waals surface area contributed by atoms with E-state index in [1.807, 2.05) is 0 Å². The van der Waals surface area contributed by atoms with Crippen molar-refractivity contribution in [3.05, 3.63) is 0 Å². The monoisotopic (exact) mass is 444 g/mol. The van der Waals surface area contributed by atoms with Gasteiger partial charge in [0.1, 0.15) is 0 Å². The van der Waals surface area contributed by atoms with Crippen molar-refractivity contribution in [1.82, 2.24) is 12.3 Å². The van der Waals surface area contributed by atoms with Crippen molar-refractivity contribution in [3.63, 3.8) is 0 Å². The fraction of sp³-hybridized carbons (Fsp3) is 0. The van der Waals surface area contributed by atoms with Crippen molar-refractivity contribution >= 4 is 152 Å². The van der Waals surface area contributed by atoms with Crippen LogP contribution in [0.3, 0.4) is 0 Å². The fourth-order valence-electron chi connectivity index (χ4n) is 0.149. The van der Waals surface area contributed by atoms with Gasteiger partial charge in [0.05, 0.1) is 0 Å². The van der Waals surface area contributed by atoms with E-state index in [9.17, 15) is 19.2 Å². The smallest absolute Gasteiger partial charge is 1.00 e. The van der Waals surface area contributed by atoms with Crippen LogP contribution < -0.4 is 12.3 Å². The van der Waals surface area contributed by atoms with E-state index in [1.165, 1.54) is 0 Å². The Hall–Kier alpha value is 0.722. The molecule has 0 rings (SSSR count). The molecule has 0 aliphatic rings. The van der Waals surface area contributed by atoms with Gasteiger partial charge in [-0.25, -0.2) is 24.0 Å². The summed E-state index contributed by atoms with van der Waals surface area (Å²) in [5.41, 5.74) is 0. The molecule has 0 radical (unpaired) electrons. The Bertz CT molecular complexity index is 316. The third-order valence-corrected chi connectivity index (χ3v) is 0.349. The molecule has 0 aliphatic heterocycles. The predicted octanol–water partition coefficient (Wildman–Crippen LogP) is 0.641. The van der Waals surface area contributed by atoms with E-state index < -0.39 is 30.8 Å². The average Bonchev–Trinajstić information content (AvgIpc) is 1.96. The summed E-state index contributed by atoms with van der Waals surface area (Å²) in [5.74, 6) is 0. The molecule has 0 aromatic carbocycles. The molecular formula is C5H20Ca2Mg2N2O13. The SMILES string of the molecule is N.N.O=C(O)O.O=C(O)OC(=O)O.O=C(O)OC(=O)O.[Ca+2].[Ca+2].[H-].[H-].[H-].[H-].[H-].[H-].[H-].[H-].[Mg+2].[Mg+2]. The van der Waals surface area contributed by atoms with Gasteiger partial charge in [0, 0.05) is 0 Å². The molecule has 0 saturated carbocycles. The number of rotatable bonds is 0. The molecule has 0 atom stereocenters. The first kappa shape index (κ1) is 56.3.